The lowest BCUT2D eigenvalue weighted by Gasteiger charge is -1.73. The highest BCUT2D eigenvalue weighted by Crippen LogP contribution is 1.59. The zero-order valence-corrected chi connectivity index (χ0v) is 14.5. The van der Waals surface area contributed by atoms with Crippen LogP contribution in [0.15, 0.2) is 0 Å². The fourth-order valence-corrected chi connectivity index (χ4v) is 0. The summed E-state index contributed by atoms with van der Waals surface area (Å²) in [6.07, 6.45) is 0. The van der Waals surface area contributed by atoms with Gasteiger partial charge in [0.1, 0.15) is 0 Å². The Balaban J connectivity index is -0.0000000476. The van der Waals surface area contributed by atoms with Crippen LogP contribution in [0.2, 0.25) is 0 Å². The lowest BCUT2D eigenvalue weighted by Crippen LogP contribution is -2.10. The summed E-state index contributed by atoms with van der Waals surface area (Å²) in [6.45, 7) is -0.833. The first-order chi connectivity index (χ1) is 10.8. The molecule has 0 unspecified atom stereocenters. The molecular formula is C6H22N4O14S2. The molecule has 20 heteroatoms. The normalized spacial score (nSPS) is 8.73. The fraction of sp³-hybridized carbons (Fsp3) is 0.500. The van der Waals surface area contributed by atoms with Crippen LogP contribution in [0.1, 0.15) is 0 Å². The van der Waals surface area contributed by atoms with Gasteiger partial charge in [0.05, 0.1) is 19.6 Å². The molecule has 0 radical (unpaired) electrons. The number of rotatable bonds is 3. The van der Waals surface area contributed by atoms with Crippen molar-refractivity contribution in [3.8, 4) is 0 Å². The van der Waals surface area contributed by atoms with Gasteiger partial charge in [0.15, 0.2) is 0 Å². The number of carboxylic acid groups (broad SMARTS) is 3. The van der Waals surface area contributed by atoms with Crippen LogP contribution in [-0.2, 0) is 35.2 Å². The fourth-order valence-electron chi connectivity index (χ4n) is 0. The second-order valence-electron chi connectivity index (χ2n) is 2.69. The summed E-state index contributed by atoms with van der Waals surface area (Å²) >= 11 is 0. The van der Waals surface area contributed by atoms with Gasteiger partial charge < -0.3 is 38.7 Å². The third kappa shape index (κ3) is 609. The first kappa shape index (κ1) is 39.2. The summed E-state index contributed by atoms with van der Waals surface area (Å²) in [5.41, 5.74) is 13.7. The molecule has 0 aromatic rings. The largest absolute Gasteiger partial charge is 0.480 e. The summed E-state index contributed by atoms with van der Waals surface area (Å²) in [4.78, 5) is 27.7. The van der Waals surface area contributed by atoms with Gasteiger partial charge in [-0.2, -0.15) is 16.8 Å². The molecule has 0 spiro atoms. The smallest absolute Gasteiger partial charge is 0.394 e. The number of aliphatic carboxylic acids is 3. The minimum atomic E-state index is -4.67. The summed E-state index contributed by atoms with van der Waals surface area (Å²) in [5, 5.41) is 22.8. The molecule has 162 valence electrons. The third-order valence-corrected chi connectivity index (χ3v) is 0.524. The number of hydrogen-bond donors (Lipinski definition) is 11. The summed E-state index contributed by atoms with van der Waals surface area (Å²) in [6, 6.07) is 0. The van der Waals surface area contributed by atoms with E-state index in [1.54, 1.807) is 0 Å². The van der Waals surface area contributed by atoms with E-state index in [0.717, 1.165) is 0 Å². The van der Waals surface area contributed by atoms with Crippen LogP contribution < -0.4 is 23.4 Å². The Hall–Kier alpha value is -2.01. The molecule has 18 nitrogen and oxygen atoms in total. The van der Waals surface area contributed by atoms with E-state index < -0.39 is 38.7 Å². The lowest BCUT2D eigenvalue weighted by atomic mass is 10.7. The molecular weight excluding hydrogens is 416 g/mol. The van der Waals surface area contributed by atoms with Crippen molar-refractivity contribution in [3.05, 3.63) is 0 Å². The van der Waals surface area contributed by atoms with Gasteiger partial charge in [-0.15, -0.1) is 0 Å². The van der Waals surface area contributed by atoms with Crippen LogP contribution in [0.25, 0.3) is 0 Å². The molecule has 26 heavy (non-hydrogen) atoms. The molecule has 0 saturated heterocycles. The van der Waals surface area contributed by atoms with Crippen molar-refractivity contribution in [2.24, 2.45) is 17.2 Å². The van der Waals surface area contributed by atoms with Crippen molar-refractivity contribution in [1.29, 1.82) is 0 Å². The van der Waals surface area contributed by atoms with E-state index in [2.05, 4.69) is 17.2 Å². The summed E-state index contributed by atoms with van der Waals surface area (Å²) in [5.74, 6) is -2.90. The van der Waals surface area contributed by atoms with Crippen molar-refractivity contribution in [1.82, 2.24) is 6.15 Å². The molecule has 0 aliphatic heterocycles. The molecule has 0 saturated carbocycles. The van der Waals surface area contributed by atoms with Crippen LogP contribution in [0.3, 0.4) is 0 Å². The Morgan fingerprint density at radius 2 is 0.615 bits per heavy atom. The molecule has 0 amide bonds. The van der Waals surface area contributed by atoms with Crippen molar-refractivity contribution < 1.29 is 64.7 Å². The third-order valence-electron chi connectivity index (χ3n) is 0.524. The lowest BCUT2D eigenvalue weighted by molar-refractivity contribution is -0.136. The predicted octanol–water partition coefficient (Wildman–Crippen LogP) is -4.05. The predicted molar refractivity (Wildman–Crippen MR) is 83.4 cm³/mol. The van der Waals surface area contributed by atoms with Crippen LogP contribution in [-0.4, -0.2) is 87.9 Å². The van der Waals surface area contributed by atoms with E-state index >= 15 is 0 Å². The molecule has 0 atom stereocenters. The van der Waals surface area contributed by atoms with Gasteiger partial charge in [0, 0.05) is 0 Å². The number of hydrogen-bond acceptors (Lipinski definition) is 11. The summed E-state index contributed by atoms with van der Waals surface area (Å²) < 4.78 is 63.2. The Morgan fingerprint density at radius 1 is 0.577 bits per heavy atom. The average molecular weight is 438 g/mol. The topological polar surface area (TPSA) is 374 Å². The van der Waals surface area contributed by atoms with Crippen molar-refractivity contribution in [2.75, 3.05) is 19.6 Å². The molecule has 0 aliphatic rings. The maximum atomic E-state index is 9.24. The van der Waals surface area contributed by atoms with Crippen LogP contribution in [0.5, 0.6) is 0 Å². The van der Waals surface area contributed by atoms with E-state index in [4.69, 9.17) is 50.4 Å². The Kier molecular flexibility index (Phi) is 34.6. The quantitative estimate of drug-likeness (QED) is 0.186. The van der Waals surface area contributed by atoms with Gasteiger partial charge in [-0.25, -0.2) is 0 Å². The Bertz CT molecular complexity index is 479. The summed E-state index contributed by atoms with van der Waals surface area (Å²) in [7, 11) is -9.33. The van der Waals surface area contributed by atoms with E-state index in [1.165, 1.54) is 0 Å². The highest BCUT2D eigenvalue weighted by molar-refractivity contribution is 7.80. The van der Waals surface area contributed by atoms with E-state index in [9.17, 15) is 14.4 Å². The Morgan fingerprint density at radius 3 is 0.615 bits per heavy atom. The van der Waals surface area contributed by atoms with Gasteiger partial charge in [-0.1, -0.05) is 0 Å². The minimum Gasteiger partial charge on any atom is -0.480 e. The molecule has 16 N–H and O–H groups in total. The maximum Gasteiger partial charge on any atom is 0.394 e. The van der Waals surface area contributed by atoms with E-state index in [1.807, 2.05) is 0 Å². The van der Waals surface area contributed by atoms with Gasteiger partial charge in [-0.05, 0) is 0 Å². The zero-order chi connectivity index (χ0) is 21.9. The van der Waals surface area contributed by atoms with Gasteiger partial charge in [0.25, 0.3) is 0 Å². The molecule has 0 rings (SSSR count). The first-order valence-electron chi connectivity index (χ1n) is 4.97. The van der Waals surface area contributed by atoms with Crippen molar-refractivity contribution in [2.45, 2.75) is 0 Å². The standard InChI is InChI=1S/3C2H5NO2.H3N.2H2O4S/c3*3-1-2(4)5;;2*1-5(2,3)4/h3*1,3H2,(H,4,5);1H3;2*(H2,1,2,3,4). The van der Waals surface area contributed by atoms with Gasteiger partial charge in [-0.3, -0.25) is 32.6 Å². The monoisotopic (exact) mass is 438 g/mol. The molecule has 0 bridgehead atoms. The van der Waals surface area contributed by atoms with Gasteiger partial charge >= 0.3 is 38.7 Å². The SMILES string of the molecule is N.NCC(=O)O.NCC(=O)O.NCC(=O)O.O=S(=O)(O)O.O=S(=O)(O)O. The van der Waals surface area contributed by atoms with E-state index in [0.29, 0.717) is 0 Å². The van der Waals surface area contributed by atoms with Crippen molar-refractivity contribution in [3.63, 3.8) is 0 Å². The molecule has 0 aliphatic carbocycles. The molecule has 0 heterocycles. The second kappa shape index (κ2) is 23.0. The van der Waals surface area contributed by atoms with Crippen LogP contribution >= 0.6 is 0 Å². The first-order valence-corrected chi connectivity index (χ1v) is 7.76. The average Bonchev–Trinajstić information content (AvgIpc) is 2.36. The van der Waals surface area contributed by atoms with Crippen LogP contribution in [0, 0.1) is 0 Å². The minimum absolute atomic E-state index is 0. The zero-order valence-electron chi connectivity index (χ0n) is 12.9. The number of carboxylic acids is 3. The van der Waals surface area contributed by atoms with Gasteiger partial charge in [0.2, 0.25) is 0 Å². The van der Waals surface area contributed by atoms with Crippen LogP contribution in [0.4, 0.5) is 0 Å². The molecule has 0 aromatic carbocycles. The number of nitrogens with two attached hydrogens (primary N) is 3. The molecule has 0 fully saturated rings. The number of carbonyl (C=O) groups is 3. The highest BCUT2D eigenvalue weighted by atomic mass is 32.3. The molecule has 0 aromatic heterocycles. The van der Waals surface area contributed by atoms with Crippen molar-refractivity contribution >= 4 is 38.7 Å². The Labute approximate surface area is 147 Å². The van der Waals surface area contributed by atoms with E-state index in [-0.39, 0.29) is 25.8 Å². The highest BCUT2D eigenvalue weighted by Gasteiger charge is 1.85. The second-order valence-corrected chi connectivity index (χ2v) is 4.48. The maximum absolute atomic E-state index is 9.24.